The summed E-state index contributed by atoms with van der Waals surface area (Å²) in [6.45, 7) is 2.45. The van der Waals surface area contributed by atoms with Gasteiger partial charge in [0.05, 0.1) is 10.5 Å². The van der Waals surface area contributed by atoms with Crippen LogP contribution in [0.5, 0.6) is 0 Å². The molecule has 4 N–H and O–H groups in total. The third-order valence-electron chi connectivity index (χ3n) is 5.36. The third-order valence-corrected chi connectivity index (χ3v) is 6.85. The van der Waals surface area contributed by atoms with Gasteiger partial charge in [0.15, 0.2) is 0 Å². The van der Waals surface area contributed by atoms with E-state index in [1.54, 1.807) is 18.2 Å². The van der Waals surface area contributed by atoms with Crippen molar-refractivity contribution >= 4 is 33.6 Å². The minimum absolute atomic E-state index is 0.00950. The molecule has 2 atom stereocenters. The molecule has 170 valence electrons. The number of nitrogens with zero attached hydrogens (tertiary/aromatic N) is 2. The van der Waals surface area contributed by atoms with E-state index >= 15 is 0 Å². The molecular formula is C21H25N5O5S. The summed E-state index contributed by atoms with van der Waals surface area (Å²) in [6, 6.07) is 9.52. The molecule has 0 radical (unpaired) electrons. The maximum Gasteiger partial charge on any atom is 0.315 e. The van der Waals surface area contributed by atoms with Gasteiger partial charge in [-0.2, -0.15) is 0 Å². The van der Waals surface area contributed by atoms with E-state index in [0.29, 0.717) is 18.5 Å². The SMILES string of the molecule is CNS(=O)(=O)c1ccccc1C1CC(C)CN(C(=O)C(=O)Nc2ncccc2C(N)=O)C1. The summed E-state index contributed by atoms with van der Waals surface area (Å²) >= 11 is 0. The Morgan fingerprint density at radius 1 is 1.12 bits per heavy atom. The quantitative estimate of drug-likeness (QED) is 0.559. The number of amides is 3. The number of benzene rings is 1. The maximum atomic E-state index is 12.9. The molecule has 1 aliphatic rings. The second kappa shape index (κ2) is 9.45. The first kappa shape index (κ1) is 23.4. The first-order valence-electron chi connectivity index (χ1n) is 10.0. The van der Waals surface area contributed by atoms with Crippen LogP contribution >= 0.6 is 0 Å². The number of piperidine rings is 1. The van der Waals surface area contributed by atoms with Crippen molar-refractivity contribution < 1.29 is 22.8 Å². The van der Waals surface area contributed by atoms with Gasteiger partial charge < -0.3 is 16.0 Å². The number of carbonyl (C=O) groups excluding carboxylic acids is 3. The number of hydrogen-bond donors (Lipinski definition) is 3. The highest BCUT2D eigenvalue weighted by molar-refractivity contribution is 7.89. The molecule has 1 aliphatic heterocycles. The fourth-order valence-electron chi connectivity index (χ4n) is 3.92. The van der Waals surface area contributed by atoms with Crippen LogP contribution in [0.4, 0.5) is 5.82 Å². The largest absolute Gasteiger partial charge is 0.365 e. The molecule has 0 bridgehead atoms. The minimum Gasteiger partial charge on any atom is -0.365 e. The Hall–Kier alpha value is -3.31. The Bertz CT molecular complexity index is 1150. The number of nitrogens with two attached hydrogens (primary N) is 1. The van der Waals surface area contributed by atoms with Crippen LogP contribution in [0.2, 0.25) is 0 Å². The molecule has 1 fully saturated rings. The van der Waals surface area contributed by atoms with Gasteiger partial charge in [0.1, 0.15) is 5.82 Å². The molecule has 2 heterocycles. The Labute approximate surface area is 186 Å². The average Bonchev–Trinajstić information content (AvgIpc) is 2.78. The van der Waals surface area contributed by atoms with E-state index in [0.717, 1.165) is 0 Å². The Morgan fingerprint density at radius 3 is 2.53 bits per heavy atom. The summed E-state index contributed by atoms with van der Waals surface area (Å²) in [5, 5.41) is 2.36. The summed E-state index contributed by atoms with van der Waals surface area (Å²) in [5.41, 5.74) is 5.87. The highest BCUT2D eigenvalue weighted by Gasteiger charge is 2.34. The molecule has 1 aromatic heterocycles. The first-order chi connectivity index (χ1) is 15.1. The van der Waals surface area contributed by atoms with Crippen LogP contribution in [0.15, 0.2) is 47.5 Å². The van der Waals surface area contributed by atoms with Gasteiger partial charge in [-0.05, 0) is 43.1 Å². The van der Waals surface area contributed by atoms with Crippen molar-refractivity contribution in [3.05, 3.63) is 53.7 Å². The van der Waals surface area contributed by atoms with Crippen molar-refractivity contribution in [2.24, 2.45) is 11.7 Å². The number of pyridine rings is 1. The van der Waals surface area contributed by atoms with Crippen molar-refractivity contribution in [2.45, 2.75) is 24.2 Å². The highest BCUT2D eigenvalue weighted by atomic mass is 32.2. The van der Waals surface area contributed by atoms with Gasteiger partial charge in [0, 0.05) is 25.2 Å². The van der Waals surface area contributed by atoms with Gasteiger partial charge >= 0.3 is 11.8 Å². The second-order valence-corrected chi connectivity index (χ2v) is 9.57. The van der Waals surface area contributed by atoms with Gasteiger partial charge in [0.25, 0.3) is 5.91 Å². The lowest BCUT2D eigenvalue weighted by Crippen LogP contribution is -2.47. The van der Waals surface area contributed by atoms with Gasteiger partial charge in [0.2, 0.25) is 10.0 Å². The molecule has 2 aromatic rings. The fourth-order valence-corrected chi connectivity index (χ4v) is 4.95. The predicted octanol–water partition coefficient (Wildman–Crippen LogP) is 0.679. The molecule has 1 aromatic carbocycles. The number of carbonyl (C=O) groups is 3. The Balaban J connectivity index is 1.83. The van der Waals surface area contributed by atoms with Crippen LogP contribution in [0.1, 0.15) is 35.2 Å². The summed E-state index contributed by atoms with van der Waals surface area (Å²) in [5.74, 6) is -2.86. The summed E-state index contributed by atoms with van der Waals surface area (Å²) < 4.78 is 27.2. The molecular weight excluding hydrogens is 434 g/mol. The number of primary amides is 1. The lowest BCUT2D eigenvalue weighted by molar-refractivity contribution is -0.144. The summed E-state index contributed by atoms with van der Waals surface area (Å²) in [7, 11) is -2.35. The standard InChI is InChI=1S/C21H25N5O5S/c1-13-10-14(15-6-3-4-8-17(15)32(30,31)23-2)12-26(11-13)21(29)20(28)25-19-16(18(22)27)7-5-9-24-19/h3-9,13-14,23H,10-12H2,1-2H3,(H2,22,27)(H,24,25,28). The van der Waals surface area contributed by atoms with Crippen LogP contribution in [-0.2, 0) is 19.6 Å². The average molecular weight is 460 g/mol. The van der Waals surface area contributed by atoms with Gasteiger partial charge in [-0.1, -0.05) is 25.1 Å². The van der Waals surface area contributed by atoms with E-state index in [1.165, 1.54) is 36.3 Å². The molecule has 32 heavy (non-hydrogen) atoms. The van der Waals surface area contributed by atoms with E-state index < -0.39 is 27.7 Å². The molecule has 0 spiro atoms. The predicted molar refractivity (Wildman–Crippen MR) is 117 cm³/mol. The molecule has 0 aliphatic carbocycles. The zero-order chi connectivity index (χ0) is 23.5. The van der Waals surface area contributed by atoms with Crippen molar-refractivity contribution in [3.8, 4) is 0 Å². The van der Waals surface area contributed by atoms with Crippen LogP contribution in [0, 0.1) is 5.92 Å². The Morgan fingerprint density at radius 2 is 1.84 bits per heavy atom. The lowest BCUT2D eigenvalue weighted by atomic mass is 9.85. The maximum absolute atomic E-state index is 12.9. The van der Waals surface area contributed by atoms with Crippen molar-refractivity contribution in [2.75, 3.05) is 25.5 Å². The lowest BCUT2D eigenvalue weighted by Gasteiger charge is -2.36. The third kappa shape index (κ3) is 4.94. The number of hydrogen-bond acceptors (Lipinski definition) is 6. The number of anilines is 1. The van der Waals surface area contributed by atoms with E-state index in [1.807, 2.05) is 6.92 Å². The normalized spacial score (nSPS) is 18.8. The number of sulfonamides is 1. The van der Waals surface area contributed by atoms with E-state index in [9.17, 15) is 22.8 Å². The van der Waals surface area contributed by atoms with E-state index in [2.05, 4.69) is 15.0 Å². The Kier molecular flexibility index (Phi) is 6.90. The summed E-state index contributed by atoms with van der Waals surface area (Å²) in [6.07, 6.45) is 2.03. The highest BCUT2D eigenvalue weighted by Crippen LogP contribution is 2.33. The van der Waals surface area contributed by atoms with Gasteiger partial charge in [-0.25, -0.2) is 18.1 Å². The van der Waals surface area contributed by atoms with Crippen molar-refractivity contribution in [3.63, 3.8) is 0 Å². The summed E-state index contributed by atoms with van der Waals surface area (Å²) in [4.78, 5) is 42.5. The molecule has 3 amide bonds. The fraction of sp³-hybridized carbons (Fsp3) is 0.333. The smallest absolute Gasteiger partial charge is 0.315 e. The molecule has 0 saturated carbocycles. The second-order valence-electron chi connectivity index (χ2n) is 7.71. The molecule has 3 rings (SSSR count). The topological polar surface area (TPSA) is 152 Å². The zero-order valence-electron chi connectivity index (χ0n) is 17.7. The molecule has 2 unspecified atom stereocenters. The van der Waals surface area contributed by atoms with Crippen molar-refractivity contribution in [1.29, 1.82) is 0 Å². The van der Waals surface area contributed by atoms with Crippen LogP contribution in [0.3, 0.4) is 0 Å². The van der Waals surface area contributed by atoms with Crippen LogP contribution in [0.25, 0.3) is 0 Å². The van der Waals surface area contributed by atoms with Gasteiger partial charge in [-0.15, -0.1) is 0 Å². The van der Waals surface area contributed by atoms with Crippen molar-refractivity contribution in [1.82, 2.24) is 14.6 Å². The number of likely N-dealkylation sites (tertiary alicyclic amines) is 1. The number of nitrogens with one attached hydrogen (secondary N) is 2. The number of rotatable bonds is 5. The minimum atomic E-state index is -3.69. The molecule has 11 heteroatoms. The van der Waals surface area contributed by atoms with Crippen LogP contribution < -0.4 is 15.8 Å². The molecule has 10 nitrogen and oxygen atoms in total. The first-order valence-corrected chi connectivity index (χ1v) is 11.5. The molecule has 1 saturated heterocycles. The van der Waals surface area contributed by atoms with Gasteiger partial charge in [-0.3, -0.25) is 14.4 Å². The van der Waals surface area contributed by atoms with Crippen LogP contribution in [-0.4, -0.2) is 56.2 Å². The van der Waals surface area contributed by atoms with E-state index in [4.69, 9.17) is 5.73 Å². The monoisotopic (exact) mass is 459 g/mol. The zero-order valence-corrected chi connectivity index (χ0v) is 18.6. The number of aromatic nitrogens is 1. The van der Waals surface area contributed by atoms with E-state index in [-0.39, 0.29) is 34.7 Å².